The largest absolute Gasteiger partial charge is 0.294 e. The fourth-order valence-corrected chi connectivity index (χ4v) is 1.99. The van der Waals surface area contributed by atoms with Crippen molar-refractivity contribution in [1.82, 2.24) is 0 Å². The van der Waals surface area contributed by atoms with Gasteiger partial charge in [0.15, 0.2) is 5.78 Å². The van der Waals surface area contributed by atoms with Gasteiger partial charge in [0.25, 0.3) is 0 Å². The number of allylic oxidation sites excluding steroid dienone is 2. The van der Waals surface area contributed by atoms with E-state index in [-0.39, 0.29) is 11.3 Å². The van der Waals surface area contributed by atoms with Crippen LogP contribution in [0.25, 0.3) is 0 Å². The summed E-state index contributed by atoms with van der Waals surface area (Å²) in [6, 6.07) is 0. The van der Waals surface area contributed by atoms with E-state index in [2.05, 4.69) is 19.9 Å². The molecule has 0 saturated carbocycles. The highest BCUT2D eigenvalue weighted by atomic mass is 16.1. The average molecular weight is 152 g/mol. The van der Waals surface area contributed by atoms with Crippen molar-refractivity contribution in [2.45, 2.75) is 34.1 Å². The van der Waals surface area contributed by atoms with E-state index < -0.39 is 0 Å². The summed E-state index contributed by atoms with van der Waals surface area (Å²) >= 11 is 0. The molecule has 0 bridgehead atoms. The lowest BCUT2D eigenvalue weighted by molar-refractivity contribution is -0.120. The van der Waals surface area contributed by atoms with Gasteiger partial charge in [0, 0.05) is 5.92 Å². The van der Waals surface area contributed by atoms with Crippen molar-refractivity contribution in [2.75, 3.05) is 0 Å². The molecule has 0 heterocycles. The van der Waals surface area contributed by atoms with E-state index in [0.717, 1.165) is 12.0 Å². The van der Waals surface area contributed by atoms with E-state index in [9.17, 15) is 4.79 Å². The van der Waals surface area contributed by atoms with E-state index in [1.807, 2.05) is 13.8 Å². The number of carbonyl (C=O) groups is 1. The fraction of sp³-hybridized carbons (Fsp3) is 0.700. The predicted octanol–water partition coefficient (Wildman–Crippen LogP) is 2.57. The Balaban J connectivity index is 2.94. The maximum Gasteiger partial charge on any atom is 0.161 e. The number of hydrogen-bond acceptors (Lipinski definition) is 1. The first-order valence-electron chi connectivity index (χ1n) is 4.16. The molecule has 1 aliphatic rings. The molecule has 0 spiro atoms. The molecule has 1 unspecified atom stereocenters. The fourth-order valence-electron chi connectivity index (χ4n) is 1.99. The molecule has 0 fully saturated rings. The summed E-state index contributed by atoms with van der Waals surface area (Å²) in [4.78, 5) is 11.3. The highest BCUT2D eigenvalue weighted by Gasteiger charge is 2.29. The van der Waals surface area contributed by atoms with Gasteiger partial charge in [-0.25, -0.2) is 0 Å². The highest BCUT2D eigenvalue weighted by Crippen LogP contribution is 2.34. The lowest BCUT2D eigenvalue weighted by Gasteiger charge is -2.29. The molecular weight excluding hydrogens is 136 g/mol. The summed E-state index contributed by atoms with van der Waals surface area (Å²) in [6.45, 7) is 8.29. The van der Waals surface area contributed by atoms with Gasteiger partial charge >= 0.3 is 0 Å². The van der Waals surface area contributed by atoms with Crippen LogP contribution in [0.1, 0.15) is 34.1 Å². The number of rotatable bonds is 0. The third-order valence-corrected chi connectivity index (χ3v) is 2.28. The molecule has 11 heavy (non-hydrogen) atoms. The second kappa shape index (κ2) is 2.47. The van der Waals surface area contributed by atoms with Crippen LogP contribution in [0.15, 0.2) is 11.6 Å². The maximum atomic E-state index is 11.3. The van der Waals surface area contributed by atoms with Gasteiger partial charge in [-0.05, 0) is 24.3 Å². The maximum absolute atomic E-state index is 11.3. The first kappa shape index (κ1) is 8.51. The molecule has 0 saturated heterocycles. The zero-order chi connectivity index (χ0) is 8.65. The molecule has 62 valence electrons. The molecule has 0 N–H and O–H groups in total. The molecule has 1 nitrogen and oxygen atoms in total. The quantitative estimate of drug-likeness (QED) is 0.521. The summed E-state index contributed by atoms with van der Waals surface area (Å²) < 4.78 is 0. The molecule has 0 aliphatic heterocycles. The third-order valence-electron chi connectivity index (χ3n) is 2.28. The van der Waals surface area contributed by atoms with Gasteiger partial charge in [-0.15, -0.1) is 0 Å². The summed E-state index contributed by atoms with van der Waals surface area (Å²) in [5.74, 6) is 0.541. The van der Waals surface area contributed by atoms with Crippen molar-refractivity contribution in [1.29, 1.82) is 0 Å². The smallest absolute Gasteiger partial charge is 0.161 e. The second-order valence-corrected chi connectivity index (χ2v) is 4.29. The summed E-state index contributed by atoms with van der Waals surface area (Å²) in [7, 11) is 0. The van der Waals surface area contributed by atoms with E-state index in [1.165, 1.54) is 0 Å². The molecular formula is C10H16O. The van der Waals surface area contributed by atoms with E-state index in [4.69, 9.17) is 0 Å². The standard InChI is InChI=1S/C10H16O/c1-7-5-10(3,4)6-8(2)9(7)11/h5,8H,6H2,1-4H3. The molecule has 0 amide bonds. The number of ketones is 1. The first-order valence-corrected chi connectivity index (χ1v) is 4.16. The molecule has 0 radical (unpaired) electrons. The van der Waals surface area contributed by atoms with Gasteiger partial charge in [0.2, 0.25) is 0 Å². The van der Waals surface area contributed by atoms with E-state index in [0.29, 0.717) is 5.78 Å². The Bertz CT molecular complexity index is 211. The van der Waals surface area contributed by atoms with Crippen LogP contribution >= 0.6 is 0 Å². The van der Waals surface area contributed by atoms with Crippen LogP contribution in [0.5, 0.6) is 0 Å². The van der Waals surface area contributed by atoms with E-state index >= 15 is 0 Å². The summed E-state index contributed by atoms with van der Waals surface area (Å²) in [5.41, 5.74) is 1.16. The van der Waals surface area contributed by atoms with Gasteiger partial charge < -0.3 is 0 Å². The van der Waals surface area contributed by atoms with Gasteiger partial charge in [-0.3, -0.25) is 4.79 Å². The molecule has 0 aromatic rings. The van der Waals surface area contributed by atoms with Crippen LogP contribution in [0.3, 0.4) is 0 Å². The lowest BCUT2D eigenvalue weighted by atomic mass is 9.74. The van der Waals surface area contributed by atoms with Crippen molar-refractivity contribution in [2.24, 2.45) is 11.3 Å². The van der Waals surface area contributed by atoms with Crippen molar-refractivity contribution in [3.05, 3.63) is 11.6 Å². The molecule has 1 aliphatic carbocycles. The number of Topliss-reactive ketones (excluding diaryl/α,β-unsaturated/α-hetero) is 1. The minimum atomic E-state index is 0.218. The molecule has 1 heteroatoms. The molecule has 1 atom stereocenters. The average Bonchev–Trinajstić information content (AvgIpc) is 1.81. The van der Waals surface area contributed by atoms with Gasteiger partial charge in [0.1, 0.15) is 0 Å². The Morgan fingerprint density at radius 3 is 2.55 bits per heavy atom. The van der Waals surface area contributed by atoms with Crippen LogP contribution in [0.2, 0.25) is 0 Å². The SMILES string of the molecule is CC1=CC(C)(C)CC(C)C1=O. The molecule has 1 rings (SSSR count). The minimum Gasteiger partial charge on any atom is -0.294 e. The first-order chi connectivity index (χ1) is 4.92. The van der Waals surface area contributed by atoms with Crippen LogP contribution in [0, 0.1) is 11.3 Å². The summed E-state index contributed by atoms with van der Waals surface area (Å²) in [6.07, 6.45) is 3.08. The third kappa shape index (κ3) is 1.70. The van der Waals surface area contributed by atoms with Gasteiger partial charge in [-0.1, -0.05) is 26.8 Å². The van der Waals surface area contributed by atoms with Crippen molar-refractivity contribution in [3.8, 4) is 0 Å². The minimum absolute atomic E-state index is 0.218. The van der Waals surface area contributed by atoms with Crippen LogP contribution in [-0.2, 0) is 4.79 Å². The Kier molecular flexibility index (Phi) is 1.91. The highest BCUT2D eigenvalue weighted by molar-refractivity contribution is 5.97. The van der Waals surface area contributed by atoms with Crippen molar-refractivity contribution < 1.29 is 4.79 Å². The second-order valence-electron chi connectivity index (χ2n) is 4.29. The topological polar surface area (TPSA) is 17.1 Å². The Labute approximate surface area is 68.5 Å². The zero-order valence-corrected chi connectivity index (χ0v) is 7.77. The zero-order valence-electron chi connectivity index (χ0n) is 7.77. The summed E-state index contributed by atoms with van der Waals surface area (Å²) in [5, 5.41) is 0. The van der Waals surface area contributed by atoms with E-state index in [1.54, 1.807) is 0 Å². The van der Waals surface area contributed by atoms with Crippen molar-refractivity contribution in [3.63, 3.8) is 0 Å². The predicted molar refractivity (Wildman–Crippen MR) is 46.3 cm³/mol. The lowest BCUT2D eigenvalue weighted by Crippen LogP contribution is -2.26. The Morgan fingerprint density at radius 2 is 2.09 bits per heavy atom. The monoisotopic (exact) mass is 152 g/mol. The number of carbonyl (C=O) groups excluding carboxylic acids is 1. The normalized spacial score (nSPS) is 30.0. The molecule has 0 aromatic heterocycles. The Morgan fingerprint density at radius 1 is 1.55 bits per heavy atom. The van der Waals surface area contributed by atoms with Crippen LogP contribution in [-0.4, -0.2) is 5.78 Å². The van der Waals surface area contributed by atoms with Crippen LogP contribution in [0.4, 0.5) is 0 Å². The number of hydrogen-bond donors (Lipinski definition) is 0. The van der Waals surface area contributed by atoms with Crippen LogP contribution < -0.4 is 0 Å². The van der Waals surface area contributed by atoms with Crippen molar-refractivity contribution >= 4 is 5.78 Å². The Hall–Kier alpha value is -0.590. The van der Waals surface area contributed by atoms with Gasteiger partial charge in [-0.2, -0.15) is 0 Å². The molecule has 0 aromatic carbocycles. The van der Waals surface area contributed by atoms with Gasteiger partial charge in [0.05, 0.1) is 0 Å².